The van der Waals surface area contributed by atoms with Crippen LogP contribution in [-0.4, -0.2) is 53.0 Å². The largest absolute Gasteiger partial charge is 0.437 e. The number of aryl methyl sites for hydroxylation is 2. The molecule has 0 spiro atoms. The van der Waals surface area contributed by atoms with Crippen molar-refractivity contribution in [3.05, 3.63) is 41.6 Å². The van der Waals surface area contributed by atoms with Gasteiger partial charge < -0.3 is 20.5 Å². The zero-order chi connectivity index (χ0) is 19.8. The Morgan fingerprint density at radius 1 is 1.19 bits per heavy atom. The van der Waals surface area contributed by atoms with Gasteiger partial charge in [0.15, 0.2) is 0 Å². The number of carbonyl (C=O) groups excluding carboxylic acids is 1. The summed E-state index contributed by atoms with van der Waals surface area (Å²) in [6.45, 7) is 7.03. The molecule has 0 saturated carbocycles. The third-order valence-electron chi connectivity index (χ3n) is 4.02. The summed E-state index contributed by atoms with van der Waals surface area (Å²) in [7, 11) is 1.41. The lowest BCUT2D eigenvalue weighted by Crippen LogP contribution is -2.34. The van der Waals surface area contributed by atoms with Crippen LogP contribution in [0.2, 0.25) is 6.82 Å². The summed E-state index contributed by atoms with van der Waals surface area (Å²) in [6.07, 6.45) is 0.848. The average molecular weight is 370 g/mol. The second-order valence-electron chi connectivity index (χ2n) is 6.56. The number of benzene rings is 1. The molecule has 0 fully saturated rings. The summed E-state index contributed by atoms with van der Waals surface area (Å²) in [6, 6.07) is 8.95. The van der Waals surface area contributed by atoms with Gasteiger partial charge in [-0.2, -0.15) is 4.98 Å². The van der Waals surface area contributed by atoms with Gasteiger partial charge in [-0.05, 0) is 52.8 Å². The predicted octanol–water partition coefficient (Wildman–Crippen LogP) is 2.58. The normalized spacial score (nSPS) is 10.6. The number of nitrogens with zero attached hydrogens (tertiary/aromatic N) is 3. The molecule has 1 aromatic heterocycles. The third-order valence-corrected chi connectivity index (χ3v) is 4.02. The van der Waals surface area contributed by atoms with Gasteiger partial charge in [-0.15, -0.1) is 0 Å². The highest BCUT2D eigenvalue weighted by molar-refractivity contribution is 6.45. The van der Waals surface area contributed by atoms with E-state index >= 15 is 0 Å². The van der Waals surface area contributed by atoms with Gasteiger partial charge in [-0.25, -0.2) is 9.78 Å². The molecule has 27 heavy (non-hydrogen) atoms. The molecule has 0 aliphatic rings. The third kappa shape index (κ3) is 7.24. The summed E-state index contributed by atoms with van der Waals surface area (Å²) in [4.78, 5) is 22.6. The molecule has 0 bridgehead atoms. The SMILES string of the molecule is CB(O)N(C)CCCNc1cc(C)nc(NC(=O)Nc2ccc(C)cc2)n1. The quantitative estimate of drug-likeness (QED) is 0.421. The highest BCUT2D eigenvalue weighted by atomic mass is 16.2. The Labute approximate surface area is 160 Å². The Bertz CT molecular complexity index is 754. The number of urea groups is 1. The summed E-state index contributed by atoms with van der Waals surface area (Å²) < 4.78 is 0. The number of aromatic nitrogens is 2. The highest BCUT2D eigenvalue weighted by Gasteiger charge is 2.10. The molecule has 0 saturated heterocycles. The number of nitrogens with one attached hydrogen (secondary N) is 3. The zero-order valence-corrected chi connectivity index (χ0v) is 16.3. The minimum absolute atomic E-state index is 0.239. The van der Waals surface area contributed by atoms with Crippen LogP contribution in [0.5, 0.6) is 0 Å². The fourth-order valence-corrected chi connectivity index (χ4v) is 2.35. The van der Waals surface area contributed by atoms with E-state index < -0.39 is 13.1 Å². The molecule has 0 aliphatic heterocycles. The molecule has 0 radical (unpaired) electrons. The van der Waals surface area contributed by atoms with Crippen LogP contribution in [0.3, 0.4) is 0 Å². The number of hydrogen-bond donors (Lipinski definition) is 4. The van der Waals surface area contributed by atoms with Gasteiger partial charge in [-0.1, -0.05) is 17.7 Å². The van der Waals surface area contributed by atoms with Crippen LogP contribution in [0.25, 0.3) is 0 Å². The molecule has 0 aliphatic carbocycles. The topological polar surface area (TPSA) is 102 Å². The van der Waals surface area contributed by atoms with Crippen molar-refractivity contribution in [1.82, 2.24) is 14.8 Å². The average Bonchev–Trinajstić information content (AvgIpc) is 2.60. The molecule has 8 nitrogen and oxygen atoms in total. The van der Waals surface area contributed by atoms with E-state index in [9.17, 15) is 9.82 Å². The highest BCUT2D eigenvalue weighted by Crippen LogP contribution is 2.12. The lowest BCUT2D eigenvalue weighted by Gasteiger charge is -2.17. The number of rotatable bonds is 8. The van der Waals surface area contributed by atoms with Crippen molar-refractivity contribution >= 4 is 30.5 Å². The van der Waals surface area contributed by atoms with Crippen molar-refractivity contribution in [3.63, 3.8) is 0 Å². The van der Waals surface area contributed by atoms with E-state index in [1.54, 1.807) is 6.82 Å². The molecule has 2 aromatic rings. The first-order chi connectivity index (χ1) is 12.8. The summed E-state index contributed by atoms with van der Waals surface area (Å²) >= 11 is 0. The first kappa shape index (κ1) is 20.7. The molecule has 0 unspecified atom stereocenters. The lowest BCUT2D eigenvalue weighted by atomic mass is 9.86. The van der Waals surface area contributed by atoms with Crippen LogP contribution in [0.4, 0.5) is 22.2 Å². The number of amides is 2. The lowest BCUT2D eigenvalue weighted by molar-refractivity contribution is 0.262. The van der Waals surface area contributed by atoms with Gasteiger partial charge in [0, 0.05) is 24.0 Å². The standard InChI is InChI=1S/C18H27BN6O2/c1-13-6-8-15(9-7-13)22-18(26)24-17-21-14(2)12-16(23-17)20-10-5-11-25(4)19(3)27/h6-9,12,27H,5,10-11H2,1-4H3,(H3,20,21,22,23,24,26). The zero-order valence-electron chi connectivity index (χ0n) is 16.3. The Balaban J connectivity index is 1.88. The molecule has 4 N–H and O–H groups in total. The molecule has 2 amide bonds. The second kappa shape index (κ2) is 9.89. The molecule has 0 atom stereocenters. The van der Waals surface area contributed by atoms with E-state index in [1.165, 1.54) is 0 Å². The molecular weight excluding hydrogens is 343 g/mol. The Hall–Kier alpha value is -2.65. The second-order valence-corrected chi connectivity index (χ2v) is 6.56. The molecule has 1 aromatic carbocycles. The fraction of sp³-hybridized carbons (Fsp3) is 0.389. The monoisotopic (exact) mass is 370 g/mol. The summed E-state index contributed by atoms with van der Waals surface area (Å²) in [5.41, 5.74) is 2.57. The van der Waals surface area contributed by atoms with Gasteiger partial charge in [-0.3, -0.25) is 5.32 Å². The van der Waals surface area contributed by atoms with Crippen LogP contribution in [-0.2, 0) is 0 Å². The van der Waals surface area contributed by atoms with E-state index in [0.29, 0.717) is 18.1 Å². The van der Waals surface area contributed by atoms with Crippen LogP contribution >= 0.6 is 0 Å². The van der Waals surface area contributed by atoms with Gasteiger partial charge in [0.25, 0.3) is 0 Å². The summed E-state index contributed by atoms with van der Waals surface area (Å²) in [5.74, 6) is 0.885. The van der Waals surface area contributed by atoms with Crippen molar-refractivity contribution in [2.24, 2.45) is 0 Å². The minimum Gasteiger partial charge on any atom is -0.437 e. The van der Waals surface area contributed by atoms with Gasteiger partial charge in [0.1, 0.15) is 5.82 Å². The molecule has 144 valence electrons. The Morgan fingerprint density at radius 2 is 1.89 bits per heavy atom. The fourth-order valence-electron chi connectivity index (χ4n) is 2.35. The van der Waals surface area contributed by atoms with Crippen molar-refractivity contribution < 1.29 is 9.82 Å². The van der Waals surface area contributed by atoms with Crippen molar-refractivity contribution in [3.8, 4) is 0 Å². The van der Waals surface area contributed by atoms with Crippen LogP contribution in [0, 0.1) is 13.8 Å². The van der Waals surface area contributed by atoms with Crippen LogP contribution in [0.1, 0.15) is 17.7 Å². The first-order valence-electron chi connectivity index (χ1n) is 8.96. The van der Waals surface area contributed by atoms with Crippen LogP contribution in [0.15, 0.2) is 30.3 Å². The number of hydrogen-bond acceptors (Lipinski definition) is 6. The molecule has 9 heteroatoms. The Kier molecular flexibility index (Phi) is 7.57. The number of anilines is 3. The maximum Gasteiger partial charge on any atom is 0.376 e. The van der Waals surface area contributed by atoms with Gasteiger partial charge in [0.2, 0.25) is 5.95 Å². The molecule has 1 heterocycles. The number of carbonyl (C=O) groups is 1. The van der Waals surface area contributed by atoms with E-state index in [0.717, 1.165) is 24.2 Å². The van der Waals surface area contributed by atoms with Crippen molar-refractivity contribution in [2.45, 2.75) is 27.1 Å². The van der Waals surface area contributed by atoms with E-state index in [4.69, 9.17) is 0 Å². The van der Waals surface area contributed by atoms with E-state index in [1.807, 2.05) is 56.0 Å². The molecular formula is C18H27BN6O2. The van der Waals surface area contributed by atoms with Gasteiger partial charge >= 0.3 is 13.1 Å². The van der Waals surface area contributed by atoms with E-state index in [-0.39, 0.29) is 5.95 Å². The summed E-state index contributed by atoms with van der Waals surface area (Å²) in [5, 5.41) is 18.1. The first-order valence-corrected chi connectivity index (χ1v) is 8.96. The van der Waals surface area contributed by atoms with Gasteiger partial charge in [0.05, 0.1) is 0 Å². The van der Waals surface area contributed by atoms with E-state index in [2.05, 4.69) is 25.9 Å². The van der Waals surface area contributed by atoms with Crippen molar-refractivity contribution in [1.29, 1.82) is 0 Å². The maximum atomic E-state index is 12.1. The van der Waals surface area contributed by atoms with Crippen molar-refractivity contribution in [2.75, 3.05) is 36.1 Å². The Morgan fingerprint density at radius 3 is 2.56 bits per heavy atom. The smallest absolute Gasteiger partial charge is 0.376 e. The van der Waals surface area contributed by atoms with Crippen LogP contribution < -0.4 is 16.0 Å². The maximum absolute atomic E-state index is 12.1. The minimum atomic E-state index is -0.464. The molecule has 2 rings (SSSR count). The predicted molar refractivity (Wildman–Crippen MR) is 110 cm³/mol.